The van der Waals surface area contributed by atoms with Crippen molar-refractivity contribution < 1.29 is 22.6 Å². The first kappa shape index (κ1) is 14.8. The third-order valence-corrected chi connectivity index (χ3v) is 2.34. The Hall–Kier alpha value is -1.27. The van der Waals surface area contributed by atoms with Gasteiger partial charge in [-0.15, -0.1) is 0 Å². The van der Waals surface area contributed by atoms with Gasteiger partial charge in [-0.2, -0.15) is 13.2 Å². The molecule has 6 heteroatoms. The quantitative estimate of drug-likeness (QED) is 0.888. The topological polar surface area (TPSA) is 44.5 Å². The Labute approximate surface area is 104 Å². The number of methoxy groups -OCH3 is 1. The molecule has 0 radical (unpaired) electrons. The van der Waals surface area contributed by atoms with E-state index < -0.39 is 11.7 Å². The molecule has 18 heavy (non-hydrogen) atoms. The molecular weight excluding hydrogens is 247 g/mol. The normalized spacial score (nSPS) is 13.4. The van der Waals surface area contributed by atoms with Gasteiger partial charge in [-0.25, -0.2) is 0 Å². The SMILES string of the molecule is COCC(C)Oc1ccc(C(F)(F)F)cc1CN. The highest BCUT2D eigenvalue weighted by atomic mass is 19.4. The van der Waals surface area contributed by atoms with Crippen molar-refractivity contribution in [1.29, 1.82) is 0 Å². The van der Waals surface area contributed by atoms with Crippen LogP contribution >= 0.6 is 0 Å². The second kappa shape index (κ2) is 6.06. The Kier molecular flexibility index (Phi) is 4.98. The summed E-state index contributed by atoms with van der Waals surface area (Å²) in [5.74, 6) is 0.357. The average Bonchev–Trinajstić information content (AvgIpc) is 2.28. The zero-order chi connectivity index (χ0) is 13.8. The number of hydrogen-bond donors (Lipinski definition) is 1. The predicted molar refractivity (Wildman–Crippen MR) is 61.3 cm³/mol. The van der Waals surface area contributed by atoms with Gasteiger partial charge in [0, 0.05) is 19.2 Å². The summed E-state index contributed by atoms with van der Waals surface area (Å²) in [6.07, 6.45) is -4.63. The summed E-state index contributed by atoms with van der Waals surface area (Å²) >= 11 is 0. The van der Waals surface area contributed by atoms with Crippen molar-refractivity contribution in [3.05, 3.63) is 29.3 Å². The number of halogens is 3. The maximum absolute atomic E-state index is 12.5. The third-order valence-electron chi connectivity index (χ3n) is 2.34. The predicted octanol–water partition coefficient (Wildman–Crippen LogP) is 2.58. The number of nitrogens with two attached hydrogens (primary N) is 1. The van der Waals surface area contributed by atoms with Crippen LogP contribution in [0.5, 0.6) is 5.75 Å². The maximum atomic E-state index is 12.5. The van der Waals surface area contributed by atoms with Gasteiger partial charge in [-0.3, -0.25) is 0 Å². The molecule has 3 nitrogen and oxygen atoms in total. The van der Waals surface area contributed by atoms with Gasteiger partial charge < -0.3 is 15.2 Å². The van der Waals surface area contributed by atoms with Crippen molar-refractivity contribution in [3.63, 3.8) is 0 Å². The van der Waals surface area contributed by atoms with E-state index in [9.17, 15) is 13.2 Å². The van der Waals surface area contributed by atoms with E-state index in [4.69, 9.17) is 15.2 Å². The lowest BCUT2D eigenvalue weighted by Crippen LogP contribution is -2.19. The molecule has 0 amide bonds. The number of benzene rings is 1. The molecule has 1 aromatic rings. The molecule has 0 bridgehead atoms. The number of hydrogen-bond acceptors (Lipinski definition) is 3. The van der Waals surface area contributed by atoms with E-state index in [0.717, 1.165) is 12.1 Å². The van der Waals surface area contributed by atoms with Crippen molar-refractivity contribution in [2.75, 3.05) is 13.7 Å². The lowest BCUT2D eigenvalue weighted by molar-refractivity contribution is -0.137. The first-order valence-electron chi connectivity index (χ1n) is 5.44. The van der Waals surface area contributed by atoms with Crippen LogP contribution in [0, 0.1) is 0 Å². The summed E-state index contributed by atoms with van der Waals surface area (Å²) in [4.78, 5) is 0. The fourth-order valence-corrected chi connectivity index (χ4v) is 1.52. The van der Waals surface area contributed by atoms with Crippen molar-refractivity contribution >= 4 is 0 Å². The molecule has 1 atom stereocenters. The van der Waals surface area contributed by atoms with Crippen LogP contribution in [-0.2, 0) is 17.5 Å². The molecule has 0 aliphatic heterocycles. The molecule has 0 aromatic heterocycles. The second-order valence-electron chi connectivity index (χ2n) is 3.91. The van der Waals surface area contributed by atoms with Gasteiger partial charge in [0.2, 0.25) is 0 Å². The maximum Gasteiger partial charge on any atom is 0.416 e. The molecule has 0 aliphatic rings. The number of rotatable bonds is 5. The highest BCUT2D eigenvalue weighted by Crippen LogP contribution is 2.32. The molecular formula is C12H16F3NO2. The van der Waals surface area contributed by atoms with Gasteiger partial charge in [-0.05, 0) is 25.1 Å². The van der Waals surface area contributed by atoms with E-state index >= 15 is 0 Å². The fraction of sp³-hybridized carbons (Fsp3) is 0.500. The van der Waals surface area contributed by atoms with Gasteiger partial charge in [0.25, 0.3) is 0 Å². The minimum Gasteiger partial charge on any atom is -0.488 e. The summed E-state index contributed by atoms with van der Waals surface area (Å²) in [6.45, 7) is 2.10. The highest BCUT2D eigenvalue weighted by Gasteiger charge is 2.31. The zero-order valence-electron chi connectivity index (χ0n) is 10.3. The molecule has 0 fully saturated rings. The zero-order valence-corrected chi connectivity index (χ0v) is 10.3. The van der Waals surface area contributed by atoms with E-state index in [0.29, 0.717) is 17.9 Å². The lowest BCUT2D eigenvalue weighted by atomic mass is 10.1. The molecule has 1 unspecified atom stereocenters. The summed E-state index contributed by atoms with van der Waals surface area (Å²) in [5, 5.41) is 0. The summed E-state index contributed by atoms with van der Waals surface area (Å²) in [6, 6.07) is 3.28. The standard InChI is InChI=1S/C12H16F3NO2/c1-8(7-17-2)18-11-4-3-10(12(13,14)15)5-9(11)6-16/h3-5,8H,6-7,16H2,1-2H3. The molecule has 0 saturated carbocycles. The van der Waals surface area contributed by atoms with Gasteiger partial charge in [0.05, 0.1) is 12.2 Å². The molecule has 0 aliphatic carbocycles. The number of alkyl halides is 3. The summed E-state index contributed by atoms with van der Waals surface area (Å²) in [7, 11) is 1.52. The van der Waals surface area contributed by atoms with Crippen LogP contribution in [0.1, 0.15) is 18.1 Å². The summed E-state index contributed by atoms with van der Waals surface area (Å²) in [5.41, 5.74) is 5.03. The average molecular weight is 263 g/mol. The van der Waals surface area contributed by atoms with Crippen LogP contribution in [0.4, 0.5) is 13.2 Å². The lowest BCUT2D eigenvalue weighted by Gasteiger charge is -2.17. The summed E-state index contributed by atoms with van der Waals surface area (Å²) < 4.78 is 47.9. The van der Waals surface area contributed by atoms with Crippen LogP contribution in [0.15, 0.2) is 18.2 Å². The van der Waals surface area contributed by atoms with Crippen LogP contribution in [-0.4, -0.2) is 19.8 Å². The molecule has 102 valence electrons. The van der Waals surface area contributed by atoms with Crippen LogP contribution in [0.2, 0.25) is 0 Å². The first-order chi connectivity index (χ1) is 8.38. The molecule has 0 saturated heterocycles. The van der Waals surface area contributed by atoms with Crippen LogP contribution in [0.3, 0.4) is 0 Å². The number of ether oxygens (including phenoxy) is 2. The van der Waals surface area contributed by atoms with Crippen LogP contribution in [0.25, 0.3) is 0 Å². The van der Waals surface area contributed by atoms with Crippen molar-refractivity contribution in [2.45, 2.75) is 25.7 Å². The van der Waals surface area contributed by atoms with E-state index in [1.807, 2.05) is 0 Å². The van der Waals surface area contributed by atoms with E-state index in [1.165, 1.54) is 13.2 Å². The minimum absolute atomic E-state index is 0.0149. The fourth-order valence-electron chi connectivity index (χ4n) is 1.52. The molecule has 0 spiro atoms. The first-order valence-corrected chi connectivity index (χ1v) is 5.44. The largest absolute Gasteiger partial charge is 0.488 e. The van der Waals surface area contributed by atoms with Crippen molar-refractivity contribution in [3.8, 4) is 5.75 Å². The van der Waals surface area contributed by atoms with Crippen molar-refractivity contribution in [1.82, 2.24) is 0 Å². The monoisotopic (exact) mass is 263 g/mol. The van der Waals surface area contributed by atoms with Gasteiger partial charge >= 0.3 is 6.18 Å². The van der Waals surface area contributed by atoms with E-state index in [-0.39, 0.29) is 12.6 Å². The Morgan fingerprint density at radius 3 is 2.50 bits per heavy atom. The molecule has 1 aromatic carbocycles. The third kappa shape index (κ3) is 3.89. The van der Waals surface area contributed by atoms with Crippen molar-refractivity contribution in [2.24, 2.45) is 5.73 Å². The van der Waals surface area contributed by atoms with Crippen LogP contribution < -0.4 is 10.5 Å². The molecule has 1 rings (SSSR count). The Morgan fingerprint density at radius 2 is 2.00 bits per heavy atom. The molecule has 2 N–H and O–H groups in total. The Balaban J connectivity index is 2.93. The smallest absolute Gasteiger partial charge is 0.416 e. The Bertz CT molecular complexity index is 393. The minimum atomic E-state index is -4.37. The van der Waals surface area contributed by atoms with Gasteiger partial charge in [0.1, 0.15) is 11.9 Å². The van der Waals surface area contributed by atoms with E-state index in [2.05, 4.69) is 0 Å². The van der Waals surface area contributed by atoms with Gasteiger partial charge in [-0.1, -0.05) is 0 Å². The van der Waals surface area contributed by atoms with E-state index in [1.54, 1.807) is 6.92 Å². The Morgan fingerprint density at radius 1 is 1.33 bits per heavy atom. The van der Waals surface area contributed by atoms with Gasteiger partial charge in [0.15, 0.2) is 0 Å². The highest BCUT2D eigenvalue weighted by molar-refractivity contribution is 5.38. The second-order valence-corrected chi connectivity index (χ2v) is 3.91. The molecule has 0 heterocycles.